The number of hydrogen-bond donors (Lipinski definition) is 2. The third-order valence-corrected chi connectivity index (χ3v) is 3.83. The van der Waals surface area contributed by atoms with Gasteiger partial charge in [0.15, 0.2) is 0 Å². The maximum absolute atomic E-state index is 4.26. The van der Waals surface area contributed by atoms with E-state index in [1.165, 1.54) is 5.56 Å². The predicted molar refractivity (Wildman–Crippen MR) is 103 cm³/mol. The van der Waals surface area contributed by atoms with Crippen LogP contribution in [0.5, 0.6) is 0 Å². The molecule has 1 atom stereocenters. The number of para-hydroxylation sites is 1. The molecule has 1 aromatic rings. The summed E-state index contributed by atoms with van der Waals surface area (Å²) in [7, 11) is 1.82. The Balaban J connectivity index is 2.49. The highest BCUT2D eigenvalue weighted by Gasteiger charge is 2.18. The van der Waals surface area contributed by atoms with Crippen LogP contribution in [0.1, 0.15) is 46.1 Å². The van der Waals surface area contributed by atoms with E-state index in [0.717, 1.165) is 35.5 Å². The number of rotatable bonds is 3. The minimum Gasteiger partial charge on any atom is -0.380 e. The van der Waals surface area contributed by atoms with Gasteiger partial charge in [0.1, 0.15) is 0 Å². The number of nitrogens with zero attached hydrogens (tertiary/aromatic N) is 1. The lowest BCUT2D eigenvalue weighted by atomic mass is 9.90. The second-order valence-electron chi connectivity index (χ2n) is 7.52. The summed E-state index contributed by atoms with van der Waals surface area (Å²) in [6.07, 6.45) is 6.16. The second kappa shape index (κ2) is 7.03. The molecule has 1 unspecified atom stereocenters. The Kier molecular flexibility index (Phi) is 5.30. The molecule has 1 heterocycles. The number of fused-ring (bicyclic) bond motifs is 1. The van der Waals surface area contributed by atoms with Crippen LogP contribution in [-0.4, -0.2) is 19.3 Å². The third kappa shape index (κ3) is 4.72. The van der Waals surface area contributed by atoms with Crippen LogP contribution in [0, 0.1) is 5.41 Å². The van der Waals surface area contributed by atoms with Crippen molar-refractivity contribution >= 4 is 23.2 Å². The Morgan fingerprint density at radius 3 is 2.78 bits per heavy atom. The van der Waals surface area contributed by atoms with Gasteiger partial charge in [-0.05, 0) is 30.4 Å². The average Bonchev–Trinajstić information content (AvgIpc) is 2.58. The zero-order chi connectivity index (χ0) is 17.0. The summed E-state index contributed by atoms with van der Waals surface area (Å²) in [5.74, 6) is 0. The first kappa shape index (κ1) is 17.3. The Bertz CT molecular complexity index is 633. The van der Waals surface area contributed by atoms with Crippen LogP contribution in [0.3, 0.4) is 0 Å². The van der Waals surface area contributed by atoms with Gasteiger partial charge in [0.05, 0.1) is 11.4 Å². The predicted octanol–water partition coefficient (Wildman–Crippen LogP) is 5.34. The number of nitrogens with one attached hydrogen (secondary N) is 2. The molecule has 0 spiro atoms. The van der Waals surface area contributed by atoms with Gasteiger partial charge in [-0.1, -0.05) is 45.6 Å². The van der Waals surface area contributed by atoms with Crippen LogP contribution in [0.25, 0.3) is 5.57 Å². The fourth-order valence-electron chi connectivity index (χ4n) is 2.75. The van der Waals surface area contributed by atoms with E-state index >= 15 is 0 Å². The number of allylic oxidation sites excluding steroid dienone is 2. The summed E-state index contributed by atoms with van der Waals surface area (Å²) in [6.45, 7) is 13.1. The Labute approximate surface area is 140 Å². The van der Waals surface area contributed by atoms with E-state index in [1.807, 2.05) is 13.3 Å². The van der Waals surface area contributed by atoms with Gasteiger partial charge in [0.25, 0.3) is 0 Å². The molecular weight excluding hydrogens is 282 g/mol. The van der Waals surface area contributed by atoms with Crippen molar-refractivity contribution in [2.45, 2.75) is 46.6 Å². The van der Waals surface area contributed by atoms with E-state index in [2.05, 4.69) is 74.2 Å². The highest BCUT2D eigenvalue weighted by Crippen LogP contribution is 2.35. The lowest BCUT2D eigenvalue weighted by Gasteiger charge is -2.19. The maximum Gasteiger partial charge on any atom is 0.0661 e. The van der Waals surface area contributed by atoms with Gasteiger partial charge < -0.3 is 10.6 Å². The fourth-order valence-corrected chi connectivity index (χ4v) is 2.75. The number of hydrogen-bond acceptors (Lipinski definition) is 3. The van der Waals surface area contributed by atoms with Gasteiger partial charge in [-0.15, -0.1) is 0 Å². The monoisotopic (exact) mass is 311 g/mol. The molecular formula is C20H29N3. The van der Waals surface area contributed by atoms with Crippen molar-refractivity contribution in [2.75, 3.05) is 17.7 Å². The molecule has 23 heavy (non-hydrogen) atoms. The maximum atomic E-state index is 4.26. The Morgan fingerprint density at radius 1 is 1.39 bits per heavy atom. The van der Waals surface area contributed by atoms with Gasteiger partial charge in [-0.2, -0.15) is 0 Å². The number of anilines is 2. The van der Waals surface area contributed by atoms with Crippen LogP contribution in [0.15, 0.2) is 41.5 Å². The second-order valence-corrected chi connectivity index (χ2v) is 7.52. The van der Waals surface area contributed by atoms with E-state index in [0.29, 0.717) is 6.04 Å². The molecule has 0 radical (unpaired) electrons. The zero-order valence-corrected chi connectivity index (χ0v) is 15.0. The standard InChI is InChI=1S/C20H29N3/c1-14-12-15(2)23-19-17(8-7-9-18(19)22-14)16(13-21-6)10-11-20(3,4)5/h7-10,13,15,22-23H,1,11-12H2,2-6H3/b16-10+,21-13-. The quantitative estimate of drug-likeness (QED) is 0.740. The van der Waals surface area contributed by atoms with Gasteiger partial charge >= 0.3 is 0 Å². The molecule has 124 valence electrons. The van der Waals surface area contributed by atoms with E-state index in [-0.39, 0.29) is 5.41 Å². The summed E-state index contributed by atoms with van der Waals surface area (Å²) < 4.78 is 0. The minimum absolute atomic E-state index is 0.256. The van der Waals surface area contributed by atoms with Crippen molar-refractivity contribution in [3.8, 4) is 0 Å². The molecule has 3 nitrogen and oxygen atoms in total. The molecule has 0 saturated heterocycles. The Morgan fingerprint density at radius 2 is 2.13 bits per heavy atom. The molecule has 0 saturated carbocycles. The molecule has 0 bridgehead atoms. The van der Waals surface area contributed by atoms with Crippen LogP contribution in [0.2, 0.25) is 0 Å². The lowest BCUT2D eigenvalue weighted by Crippen LogP contribution is -2.15. The molecule has 0 fully saturated rings. The van der Waals surface area contributed by atoms with Crippen molar-refractivity contribution in [3.05, 3.63) is 42.1 Å². The van der Waals surface area contributed by atoms with Gasteiger partial charge in [-0.25, -0.2) is 0 Å². The zero-order valence-electron chi connectivity index (χ0n) is 15.0. The first-order valence-electron chi connectivity index (χ1n) is 8.27. The van der Waals surface area contributed by atoms with Crippen molar-refractivity contribution in [3.63, 3.8) is 0 Å². The van der Waals surface area contributed by atoms with E-state index in [1.54, 1.807) is 0 Å². The van der Waals surface area contributed by atoms with Gasteiger partial charge in [0.2, 0.25) is 0 Å². The summed E-state index contributed by atoms with van der Waals surface area (Å²) in [6, 6.07) is 6.68. The minimum atomic E-state index is 0.256. The highest BCUT2D eigenvalue weighted by molar-refractivity contribution is 6.13. The topological polar surface area (TPSA) is 36.4 Å². The van der Waals surface area contributed by atoms with Gasteiger partial charge in [0, 0.05) is 37.0 Å². The SMILES string of the molecule is C=C1CC(C)Nc2c(cccc2C(/C=N\C)=C/CC(C)(C)C)N1. The third-order valence-electron chi connectivity index (χ3n) is 3.83. The molecule has 2 rings (SSSR count). The van der Waals surface area contributed by atoms with Crippen LogP contribution in [-0.2, 0) is 0 Å². The Hall–Kier alpha value is -2.03. The average molecular weight is 311 g/mol. The van der Waals surface area contributed by atoms with Crippen LogP contribution in [0.4, 0.5) is 11.4 Å². The molecule has 0 aliphatic carbocycles. The summed E-state index contributed by atoms with van der Waals surface area (Å²) in [5.41, 5.74) is 5.87. The van der Waals surface area contributed by atoms with E-state index in [4.69, 9.17) is 0 Å². The fraction of sp³-hybridized carbons (Fsp3) is 0.450. The molecule has 2 N–H and O–H groups in total. The normalized spacial score (nSPS) is 19.1. The molecule has 1 aliphatic rings. The first-order chi connectivity index (χ1) is 10.8. The van der Waals surface area contributed by atoms with Crippen LogP contribution < -0.4 is 10.6 Å². The molecule has 1 aliphatic heterocycles. The van der Waals surface area contributed by atoms with Crippen molar-refractivity contribution in [2.24, 2.45) is 10.4 Å². The largest absolute Gasteiger partial charge is 0.380 e. The van der Waals surface area contributed by atoms with E-state index < -0.39 is 0 Å². The summed E-state index contributed by atoms with van der Waals surface area (Å²) >= 11 is 0. The van der Waals surface area contributed by atoms with Crippen LogP contribution >= 0.6 is 0 Å². The molecule has 3 heteroatoms. The van der Waals surface area contributed by atoms with E-state index in [9.17, 15) is 0 Å². The van der Waals surface area contributed by atoms with Crippen molar-refractivity contribution in [1.29, 1.82) is 0 Å². The molecule has 0 amide bonds. The molecule has 1 aromatic carbocycles. The van der Waals surface area contributed by atoms with Crippen molar-refractivity contribution < 1.29 is 0 Å². The highest BCUT2D eigenvalue weighted by atomic mass is 15.0. The smallest absolute Gasteiger partial charge is 0.0661 e. The van der Waals surface area contributed by atoms with Crippen molar-refractivity contribution in [1.82, 2.24) is 0 Å². The summed E-state index contributed by atoms with van der Waals surface area (Å²) in [5, 5.41) is 7.07. The lowest BCUT2D eigenvalue weighted by molar-refractivity contribution is 0.421. The summed E-state index contributed by atoms with van der Waals surface area (Å²) in [4.78, 5) is 4.26. The number of aliphatic imine (C=N–C) groups is 1. The number of benzene rings is 1. The van der Waals surface area contributed by atoms with Gasteiger partial charge in [-0.3, -0.25) is 4.99 Å². The first-order valence-corrected chi connectivity index (χ1v) is 8.27. The molecule has 0 aromatic heterocycles.